The molecule has 0 aliphatic rings. The van der Waals surface area contributed by atoms with Crippen LogP contribution in [0.4, 0.5) is 0 Å². The number of rotatable bonds is 3. The van der Waals surface area contributed by atoms with Gasteiger partial charge in [0.15, 0.2) is 0 Å². The van der Waals surface area contributed by atoms with Crippen molar-refractivity contribution in [3.8, 4) is 33.4 Å². The van der Waals surface area contributed by atoms with Crippen LogP contribution < -0.4 is 0 Å². The maximum atomic E-state index is 2.36. The minimum Gasteiger partial charge on any atom is -0.0616 e. The lowest BCUT2D eigenvalue weighted by Crippen LogP contribution is -2.02. The summed E-state index contributed by atoms with van der Waals surface area (Å²) in [4.78, 5) is 0. The molecule has 8 aromatic rings. The molecule has 8 aromatic carbocycles. The Morgan fingerprint density at radius 3 is 0.500 bits per heavy atom. The van der Waals surface area contributed by atoms with Gasteiger partial charge in [-0.1, -0.05) is 97.1 Å². The summed E-state index contributed by atoms with van der Waals surface area (Å²) in [7, 11) is 0. The normalized spacial score (nSPS) is 11.8. The molecule has 0 fully saturated rings. The minimum atomic E-state index is 1.30. The predicted molar refractivity (Wildman–Crippen MR) is 220 cm³/mol. The zero-order chi connectivity index (χ0) is 35.2. The highest BCUT2D eigenvalue weighted by molar-refractivity contribution is 6.30. The molecule has 0 aliphatic heterocycles. The SMILES string of the molecule is Cc1c(C)c(C)c(-c2c3ccccc3c(-c3c4ccccc4c(-c4c(C)c(C)c(C)c(C)c4C)c4ccccc34)c3ccccc23)c(C)c1C. The molecular weight excluding hydrogens is 601 g/mol. The van der Waals surface area contributed by atoms with Gasteiger partial charge < -0.3 is 0 Å². The Bertz CT molecular complexity index is 2370. The highest BCUT2D eigenvalue weighted by atomic mass is 14.3. The Hall–Kier alpha value is -5.20. The van der Waals surface area contributed by atoms with Crippen molar-refractivity contribution in [1.82, 2.24) is 0 Å². The second kappa shape index (κ2) is 11.7. The molecule has 0 saturated heterocycles. The van der Waals surface area contributed by atoms with Gasteiger partial charge in [0.2, 0.25) is 0 Å². The summed E-state index contributed by atoms with van der Waals surface area (Å²) >= 11 is 0. The van der Waals surface area contributed by atoms with Gasteiger partial charge in [0, 0.05) is 0 Å². The molecule has 246 valence electrons. The van der Waals surface area contributed by atoms with Crippen molar-refractivity contribution in [1.29, 1.82) is 0 Å². The number of fused-ring (bicyclic) bond motifs is 4. The number of benzene rings is 8. The molecular formula is C50H46. The smallest absolute Gasteiger partial charge is 0.00139 e. The molecule has 0 N–H and O–H groups in total. The molecule has 50 heavy (non-hydrogen) atoms. The third-order valence-corrected chi connectivity index (χ3v) is 12.6. The third-order valence-electron chi connectivity index (χ3n) is 12.6. The van der Waals surface area contributed by atoms with Gasteiger partial charge in [-0.25, -0.2) is 0 Å². The van der Waals surface area contributed by atoms with E-state index >= 15 is 0 Å². The molecule has 8 rings (SSSR count). The third kappa shape index (κ3) is 4.37. The lowest BCUT2D eigenvalue weighted by Gasteiger charge is -2.26. The lowest BCUT2D eigenvalue weighted by atomic mass is 9.77. The van der Waals surface area contributed by atoms with Gasteiger partial charge in [-0.2, -0.15) is 0 Å². The predicted octanol–water partition coefficient (Wildman–Crippen LogP) is 14.4. The Kier molecular flexibility index (Phi) is 7.50. The van der Waals surface area contributed by atoms with E-state index in [2.05, 4.69) is 166 Å². The summed E-state index contributed by atoms with van der Waals surface area (Å²) in [6.45, 7) is 23.0. The minimum absolute atomic E-state index is 1.30. The zero-order valence-electron chi connectivity index (χ0n) is 31.2. The Balaban J connectivity index is 1.61. The molecule has 0 heterocycles. The van der Waals surface area contributed by atoms with E-state index in [0.29, 0.717) is 0 Å². The largest absolute Gasteiger partial charge is 0.0616 e. The first kappa shape index (κ1) is 32.0. The Morgan fingerprint density at radius 1 is 0.180 bits per heavy atom. The molecule has 0 nitrogen and oxygen atoms in total. The molecule has 0 aromatic heterocycles. The van der Waals surface area contributed by atoms with Gasteiger partial charge in [0.1, 0.15) is 0 Å². The van der Waals surface area contributed by atoms with Gasteiger partial charge >= 0.3 is 0 Å². The Labute approximate surface area is 297 Å². The van der Waals surface area contributed by atoms with Crippen LogP contribution in [-0.2, 0) is 0 Å². The van der Waals surface area contributed by atoms with Crippen LogP contribution in [0.5, 0.6) is 0 Å². The quantitative estimate of drug-likeness (QED) is 0.168. The fourth-order valence-electron chi connectivity index (χ4n) is 9.08. The van der Waals surface area contributed by atoms with Crippen LogP contribution in [0.2, 0.25) is 0 Å². The monoisotopic (exact) mass is 646 g/mol. The van der Waals surface area contributed by atoms with Crippen molar-refractivity contribution >= 4 is 43.1 Å². The molecule has 0 bridgehead atoms. The van der Waals surface area contributed by atoms with E-state index in [1.165, 1.54) is 132 Å². The van der Waals surface area contributed by atoms with Crippen LogP contribution in [0.3, 0.4) is 0 Å². The topological polar surface area (TPSA) is 0 Å². The molecule has 0 aliphatic carbocycles. The van der Waals surface area contributed by atoms with Crippen LogP contribution in [0.15, 0.2) is 97.1 Å². The molecule has 0 spiro atoms. The zero-order valence-corrected chi connectivity index (χ0v) is 31.2. The van der Waals surface area contributed by atoms with Crippen molar-refractivity contribution < 1.29 is 0 Å². The maximum absolute atomic E-state index is 2.36. The molecule has 0 heteroatoms. The van der Waals surface area contributed by atoms with E-state index in [0.717, 1.165) is 0 Å². The van der Waals surface area contributed by atoms with E-state index in [1.54, 1.807) is 0 Å². The van der Waals surface area contributed by atoms with Crippen molar-refractivity contribution in [2.75, 3.05) is 0 Å². The van der Waals surface area contributed by atoms with Crippen LogP contribution in [0, 0.1) is 69.2 Å². The fourth-order valence-corrected chi connectivity index (χ4v) is 9.08. The van der Waals surface area contributed by atoms with E-state index in [-0.39, 0.29) is 0 Å². The van der Waals surface area contributed by atoms with Crippen molar-refractivity contribution in [3.05, 3.63) is 153 Å². The summed E-state index contributed by atoms with van der Waals surface area (Å²) in [5.41, 5.74) is 22.0. The first-order valence-electron chi connectivity index (χ1n) is 18.1. The van der Waals surface area contributed by atoms with Gasteiger partial charge in [0.25, 0.3) is 0 Å². The van der Waals surface area contributed by atoms with E-state index in [4.69, 9.17) is 0 Å². The first-order chi connectivity index (χ1) is 24.0. The molecule has 0 amide bonds. The average molecular weight is 647 g/mol. The summed E-state index contributed by atoms with van der Waals surface area (Å²) < 4.78 is 0. The summed E-state index contributed by atoms with van der Waals surface area (Å²) in [5, 5.41) is 10.4. The summed E-state index contributed by atoms with van der Waals surface area (Å²) in [6.07, 6.45) is 0. The summed E-state index contributed by atoms with van der Waals surface area (Å²) in [5.74, 6) is 0. The molecule has 0 saturated carbocycles. The standard InChI is InChI=1S/C50H46/c1-27-29(3)33(7)45(34(8)30(27)4)47-37-19-11-15-23-41(37)49(42-24-16-12-20-38(42)47)50-43-25-17-13-21-39(43)48(40-22-14-18-26-44(40)50)46-35(9)31(5)28(2)32(6)36(46)10/h11-26H,1-10H3. The average Bonchev–Trinajstić information content (AvgIpc) is 3.14. The number of hydrogen-bond acceptors (Lipinski definition) is 0. The molecule has 0 unspecified atom stereocenters. The summed E-state index contributed by atoms with van der Waals surface area (Å²) in [6, 6.07) is 36.6. The van der Waals surface area contributed by atoms with Crippen LogP contribution in [0.1, 0.15) is 55.6 Å². The van der Waals surface area contributed by atoms with Gasteiger partial charge in [-0.05, 0) is 201 Å². The first-order valence-corrected chi connectivity index (χ1v) is 18.1. The van der Waals surface area contributed by atoms with E-state index in [9.17, 15) is 0 Å². The molecule has 0 radical (unpaired) electrons. The second-order valence-electron chi connectivity index (χ2n) is 14.7. The van der Waals surface area contributed by atoms with Crippen LogP contribution in [0.25, 0.3) is 76.5 Å². The van der Waals surface area contributed by atoms with Crippen molar-refractivity contribution in [2.24, 2.45) is 0 Å². The lowest BCUT2D eigenvalue weighted by molar-refractivity contribution is 1.18. The fraction of sp³-hybridized carbons (Fsp3) is 0.200. The maximum Gasteiger partial charge on any atom is -0.00139 e. The van der Waals surface area contributed by atoms with Crippen molar-refractivity contribution in [2.45, 2.75) is 69.2 Å². The second-order valence-corrected chi connectivity index (χ2v) is 14.7. The van der Waals surface area contributed by atoms with Gasteiger partial charge in [0.05, 0.1) is 0 Å². The van der Waals surface area contributed by atoms with Gasteiger partial charge in [-0.15, -0.1) is 0 Å². The highest BCUT2D eigenvalue weighted by Crippen LogP contribution is 2.52. The van der Waals surface area contributed by atoms with E-state index in [1.807, 2.05) is 0 Å². The van der Waals surface area contributed by atoms with Crippen LogP contribution in [-0.4, -0.2) is 0 Å². The van der Waals surface area contributed by atoms with E-state index < -0.39 is 0 Å². The Morgan fingerprint density at radius 2 is 0.320 bits per heavy atom. The molecule has 0 atom stereocenters. The highest BCUT2D eigenvalue weighted by Gasteiger charge is 2.25. The number of hydrogen-bond donors (Lipinski definition) is 0. The van der Waals surface area contributed by atoms with Gasteiger partial charge in [-0.3, -0.25) is 0 Å². The van der Waals surface area contributed by atoms with Crippen LogP contribution >= 0.6 is 0 Å². The van der Waals surface area contributed by atoms with Crippen molar-refractivity contribution in [3.63, 3.8) is 0 Å².